The van der Waals surface area contributed by atoms with E-state index in [1.54, 1.807) is 7.11 Å². The van der Waals surface area contributed by atoms with E-state index in [1.165, 1.54) is 0 Å². The summed E-state index contributed by atoms with van der Waals surface area (Å²) in [7, 11) is -0.260. The third-order valence-electron chi connectivity index (χ3n) is 7.77. The topological polar surface area (TPSA) is 88.4 Å². The lowest BCUT2D eigenvalue weighted by molar-refractivity contribution is -0.112. The molecule has 1 aliphatic rings. The first-order chi connectivity index (χ1) is 16.2. The van der Waals surface area contributed by atoms with Gasteiger partial charge in [0.2, 0.25) is 0 Å². The van der Waals surface area contributed by atoms with Gasteiger partial charge in [0.05, 0.1) is 43.2 Å². The Morgan fingerprint density at radius 2 is 1.71 bits per heavy atom. The minimum Gasteiger partial charge on any atom is -0.410 e. The number of rotatable bonds is 15. The van der Waals surface area contributed by atoms with Gasteiger partial charge in [0.15, 0.2) is 8.32 Å². The molecular weight excluding hydrogens is 460 g/mol. The highest BCUT2D eigenvalue weighted by atomic mass is 28.4. The van der Waals surface area contributed by atoms with Crippen LogP contribution in [0, 0.1) is 11.8 Å². The first-order valence-electron chi connectivity index (χ1n) is 13.7. The number of aliphatic hydroxyl groups excluding tert-OH is 3. The summed E-state index contributed by atoms with van der Waals surface area (Å²) in [5.41, 5.74) is 0. The molecule has 35 heavy (non-hydrogen) atoms. The maximum Gasteiger partial charge on any atom is 0.192 e. The van der Waals surface area contributed by atoms with Crippen molar-refractivity contribution in [3.05, 3.63) is 12.2 Å². The summed E-state index contributed by atoms with van der Waals surface area (Å²) in [6.07, 6.45) is 8.28. The van der Waals surface area contributed by atoms with Gasteiger partial charge in [-0.25, -0.2) is 0 Å². The Kier molecular flexibility index (Phi) is 14.2. The molecule has 0 aromatic carbocycles. The van der Waals surface area contributed by atoms with E-state index in [0.717, 1.165) is 25.7 Å². The highest BCUT2D eigenvalue weighted by Gasteiger charge is 2.40. The molecule has 7 atom stereocenters. The lowest BCUT2D eigenvalue weighted by Crippen LogP contribution is -2.45. The fourth-order valence-corrected chi connectivity index (χ4v) is 5.65. The first kappa shape index (κ1) is 32.7. The molecule has 1 heterocycles. The van der Waals surface area contributed by atoms with Gasteiger partial charge in [0.1, 0.15) is 0 Å². The van der Waals surface area contributed by atoms with Gasteiger partial charge in [-0.1, -0.05) is 53.7 Å². The maximum atomic E-state index is 10.3. The fourth-order valence-electron chi connectivity index (χ4n) is 4.36. The number of hydrogen-bond acceptors (Lipinski definition) is 6. The van der Waals surface area contributed by atoms with Crippen LogP contribution in [0.15, 0.2) is 12.2 Å². The van der Waals surface area contributed by atoms with E-state index < -0.39 is 20.5 Å². The van der Waals surface area contributed by atoms with Crippen LogP contribution < -0.4 is 0 Å². The Labute approximate surface area is 216 Å². The lowest BCUT2D eigenvalue weighted by Gasteiger charge is -2.41. The van der Waals surface area contributed by atoms with Gasteiger partial charge in [-0.2, -0.15) is 0 Å². The molecule has 1 aliphatic heterocycles. The maximum absolute atomic E-state index is 10.3. The molecule has 1 rings (SSSR count). The van der Waals surface area contributed by atoms with Crippen LogP contribution in [0.2, 0.25) is 18.1 Å². The molecule has 0 aliphatic carbocycles. The van der Waals surface area contributed by atoms with Crippen molar-refractivity contribution in [3.8, 4) is 0 Å². The molecule has 1 saturated heterocycles. The summed E-state index contributed by atoms with van der Waals surface area (Å²) in [6, 6.07) is 0. The average molecular weight is 517 g/mol. The largest absolute Gasteiger partial charge is 0.410 e. The van der Waals surface area contributed by atoms with Crippen LogP contribution in [0.5, 0.6) is 0 Å². The molecule has 208 valence electrons. The number of hydrogen-bond donors (Lipinski definition) is 3. The molecule has 6 nitrogen and oxygen atoms in total. The van der Waals surface area contributed by atoms with E-state index in [2.05, 4.69) is 66.8 Å². The van der Waals surface area contributed by atoms with Gasteiger partial charge in [-0.15, -0.1) is 0 Å². The van der Waals surface area contributed by atoms with E-state index in [-0.39, 0.29) is 42.5 Å². The molecule has 0 aromatic rings. The van der Waals surface area contributed by atoms with Gasteiger partial charge >= 0.3 is 0 Å². The van der Waals surface area contributed by atoms with E-state index in [4.69, 9.17) is 19.0 Å². The minimum absolute atomic E-state index is 0.0497. The van der Waals surface area contributed by atoms with Crippen LogP contribution in [0.4, 0.5) is 0 Å². The molecular formula is C28H56O6Si. The third kappa shape index (κ3) is 12.2. The molecule has 0 bridgehead atoms. The average Bonchev–Trinajstić information content (AvgIpc) is 2.73. The number of ether oxygens (including phenoxy) is 2. The number of allylic oxidation sites excluding steroid dienone is 1. The van der Waals surface area contributed by atoms with Crippen molar-refractivity contribution >= 4 is 8.32 Å². The standard InChI is InChI=1S/C28H56O6Si/c1-20(2)11-10-12-25(34-35(8,9)28(4,5)6)17-24-14-13-21(3)27(33-24)18-26(32-7)16-22(30)15-23(31)19-29/h10,12,20-27,29-31H,11,13-19H2,1-9H3/b12-10+/t21-,22-,23?,24-,25-,26-,27+/m0/s1. The molecule has 0 spiro atoms. The second-order valence-corrected chi connectivity index (χ2v) is 17.4. The smallest absolute Gasteiger partial charge is 0.192 e. The Hall–Kier alpha value is -0.283. The predicted octanol–water partition coefficient (Wildman–Crippen LogP) is 5.45. The Morgan fingerprint density at radius 1 is 1.06 bits per heavy atom. The van der Waals surface area contributed by atoms with Crippen molar-refractivity contribution in [2.24, 2.45) is 11.8 Å². The minimum atomic E-state index is -1.92. The van der Waals surface area contributed by atoms with Crippen LogP contribution >= 0.6 is 0 Å². The lowest BCUT2D eigenvalue weighted by atomic mass is 9.87. The Bertz CT molecular complexity index is 603. The zero-order chi connectivity index (χ0) is 26.8. The monoisotopic (exact) mass is 516 g/mol. The second kappa shape index (κ2) is 15.2. The molecule has 0 saturated carbocycles. The number of methoxy groups -OCH3 is 1. The molecule has 0 radical (unpaired) electrons. The van der Waals surface area contributed by atoms with Crippen LogP contribution in [0.1, 0.15) is 86.5 Å². The molecule has 7 heteroatoms. The van der Waals surface area contributed by atoms with E-state index in [0.29, 0.717) is 24.7 Å². The summed E-state index contributed by atoms with van der Waals surface area (Å²) in [5, 5.41) is 29.1. The molecule has 0 aromatic heterocycles. The zero-order valence-electron chi connectivity index (χ0n) is 24.0. The van der Waals surface area contributed by atoms with Crippen molar-refractivity contribution in [3.63, 3.8) is 0 Å². The van der Waals surface area contributed by atoms with Gasteiger partial charge in [-0.3, -0.25) is 0 Å². The highest BCUT2D eigenvalue weighted by molar-refractivity contribution is 6.74. The number of aliphatic hydroxyl groups is 3. The summed E-state index contributed by atoms with van der Waals surface area (Å²) < 4.78 is 19.1. The molecule has 1 fully saturated rings. The van der Waals surface area contributed by atoms with Crippen molar-refractivity contribution < 1.29 is 29.2 Å². The quantitative estimate of drug-likeness (QED) is 0.198. The van der Waals surface area contributed by atoms with Gasteiger partial charge < -0.3 is 29.2 Å². The SMILES string of the molecule is CO[C@@H](C[C@@H](O)CC(O)CO)C[C@H]1O[C@H](C[C@H](/C=C/CC(C)C)O[Si](C)(C)C(C)(C)C)CC[C@@H]1C. The second-order valence-electron chi connectivity index (χ2n) is 12.6. The van der Waals surface area contributed by atoms with Gasteiger partial charge in [-0.05, 0) is 55.7 Å². The highest BCUT2D eigenvalue weighted by Crippen LogP contribution is 2.39. The normalized spacial score (nSPS) is 25.7. The van der Waals surface area contributed by atoms with E-state index >= 15 is 0 Å². The zero-order valence-corrected chi connectivity index (χ0v) is 25.0. The van der Waals surface area contributed by atoms with Gasteiger partial charge in [0.25, 0.3) is 0 Å². The van der Waals surface area contributed by atoms with Crippen molar-refractivity contribution in [2.75, 3.05) is 13.7 Å². The van der Waals surface area contributed by atoms with Crippen molar-refractivity contribution in [2.45, 2.75) is 141 Å². The molecule has 3 N–H and O–H groups in total. The van der Waals surface area contributed by atoms with Crippen LogP contribution in [-0.4, -0.2) is 74.0 Å². The summed E-state index contributed by atoms with van der Waals surface area (Å²) in [5.74, 6) is 1.04. The summed E-state index contributed by atoms with van der Waals surface area (Å²) >= 11 is 0. The van der Waals surface area contributed by atoms with Crippen LogP contribution in [-0.2, 0) is 13.9 Å². The predicted molar refractivity (Wildman–Crippen MR) is 146 cm³/mol. The van der Waals surface area contributed by atoms with Crippen LogP contribution in [0.3, 0.4) is 0 Å². The van der Waals surface area contributed by atoms with Crippen molar-refractivity contribution in [1.82, 2.24) is 0 Å². The molecule has 1 unspecified atom stereocenters. The fraction of sp³-hybridized carbons (Fsp3) is 0.929. The van der Waals surface area contributed by atoms with Crippen molar-refractivity contribution in [1.29, 1.82) is 0 Å². The Balaban J connectivity index is 2.84. The summed E-state index contributed by atoms with van der Waals surface area (Å²) in [4.78, 5) is 0. The third-order valence-corrected chi connectivity index (χ3v) is 12.3. The summed E-state index contributed by atoms with van der Waals surface area (Å²) in [6.45, 7) is 17.8. The molecule has 0 amide bonds. The first-order valence-corrected chi connectivity index (χ1v) is 16.6. The van der Waals surface area contributed by atoms with Crippen LogP contribution in [0.25, 0.3) is 0 Å². The van der Waals surface area contributed by atoms with Gasteiger partial charge in [0, 0.05) is 26.4 Å². The van der Waals surface area contributed by atoms with E-state index in [1.807, 2.05) is 0 Å². The Morgan fingerprint density at radius 3 is 2.26 bits per heavy atom. The van der Waals surface area contributed by atoms with E-state index in [9.17, 15) is 10.2 Å².